The van der Waals surface area contributed by atoms with Crippen molar-refractivity contribution >= 4 is 34.8 Å². The van der Waals surface area contributed by atoms with Crippen molar-refractivity contribution in [3.05, 3.63) is 52.7 Å². The van der Waals surface area contributed by atoms with Crippen LogP contribution in [0.15, 0.2) is 36.4 Å². The number of piperidine rings is 1. The molecule has 0 bridgehead atoms. The number of ketones is 1. The number of pyridine rings is 1. The fourth-order valence-electron chi connectivity index (χ4n) is 4.10. The van der Waals surface area contributed by atoms with Crippen molar-refractivity contribution in [1.29, 1.82) is 0 Å². The highest BCUT2D eigenvalue weighted by Crippen LogP contribution is 2.35. The number of alkyl halides is 3. The average molecular weight is 496 g/mol. The van der Waals surface area contributed by atoms with Crippen LogP contribution in [-0.4, -0.2) is 29.8 Å². The Labute approximate surface area is 202 Å². The third-order valence-corrected chi connectivity index (χ3v) is 5.89. The van der Waals surface area contributed by atoms with Crippen LogP contribution in [0.25, 0.3) is 0 Å². The average Bonchev–Trinajstić information content (AvgIpc) is 2.72. The minimum atomic E-state index is -4.61. The Kier molecular flexibility index (Phi) is 7.91. The van der Waals surface area contributed by atoms with E-state index in [2.05, 4.69) is 10.3 Å². The lowest BCUT2D eigenvalue weighted by molar-refractivity contribution is -0.141. The number of nitrogens with zero attached hydrogens (tertiary/aromatic N) is 2. The quantitative estimate of drug-likeness (QED) is 0.489. The Morgan fingerprint density at radius 3 is 2.38 bits per heavy atom. The van der Waals surface area contributed by atoms with Crippen molar-refractivity contribution in [3.8, 4) is 0 Å². The molecular weight excluding hydrogens is 467 g/mol. The van der Waals surface area contributed by atoms with Crippen LogP contribution in [0.5, 0.6) is 0 Å². The predicted molar refractivity (Wildman–Crippen MR) is 127 cm³/mol. The molecule has 1 aromatic carbocycles. The largest absolute Gasteiger partial charge is 0.433 e. The summed E-state index contributed by atoms with van der Waals surface area (Å²) < 4.78 is 40.1. The Hall–Kier alpha value is -2.61. The fraction of sp³-hybridized carbons (Fsp3) is 0.480. The van der Waals surface area contributed by atoms with Gasteiger partial charge in [-0.1, -0.05) is 38.4 Å². The van der Waals surface area contributed by atoms with Crippen LogP contribution in [-0.2, 0) is 11.0 Å². The van der Waals surface area contributed by atoms with Crippen LogP contribution in [0.2, 0.25) is 5.02 Å². The minimum Gasteiger partial charge on any atom is -0.355 e. The van der Waals surface area contributed by atoms with Crippen LogP contribution in [0, 0.1) is 11.3 Å². The second-order valence-corrected chi connectivity index (χ2v) is 10.4. The summed E-state index contributed by atoms with van der Waals surface area (Å²) >= 11 is 5.95. The third-order valence-electron chi connectivity index (χ3n) is 5.66. The van der Waals surface area contributed by atoms with Gasteiger partial charge in [-0.2, -0.15) is 13.2 Å². The number of aromatic nitrogens is 1. The molecule has 5 nitrogen and oxygen atoms in total. The highest BCUT2D eigenvalue weighted by atomic mass is 35.5. The molecule has 3 rings (SSSR count). The summed E-state index contributed by atoms with van der Waals surface area (Å²) in [4.78, 5) is 30.7. The molecule has 0 saturated carbocycles. The SMILES string of the molecule is CC(C)(C)CC(=O)CC1CCN(c2nc(C(F)(F)F)ccc2NC(=O)c2cccc(Cl)c2)CC1. The Bertz CT molecular complexity index is 1040. The Balaban J connectivity index is 1.77. The van der Waals surface area contributed by atoms with Gasteiger partial charge in [0, 0.05) is 36.5 Å². The maximum atomic E-state index is 13.4. The van der Waals surface area contributed by atoms with Crippen molar-refractivity contribution in [2.24, 2.45) is 11.3 Å². The number of carbonyl (C=O) groups excluding carboxylic acids is 2. The summed E-state index contributed by atoms with van der Waals surface area (Å²) in [5, 5.41) is 3.05. The fourth-order valence-corrected chi connectivity index (χ4v) is 4.29. The molecule has 1 aromatic heterocycles. The summed E-state index contributed by atoms with van der Waals surface area (Å²) in [6, 6.07) is 8.38. The number of rotatable bonds is 6. The zero-order chi connectivity index (χ0) is 25.1. The number of hydrogen-bond acceptors (Lipinski definition) is 4. The van der Waals surface area contributed by atoms with Crippen LogP contribution in [0.3, 0.4) is 0 Å². The number of benzene rings is 1. The molecule has 1 fully saturated rings. The van der Waals surface area contributed by atoms with Gasteiger partial charge in [0.05, 0.1) is 5.69 Å². The number of halogens is 4. The Morgan fingerprint density at radius 2 is 1.79 bits per heavy atom. The van der Waals surface area contributed by atoms with E-state index in [9.17, 15) is 22.8 Å². The van der Waals surface area contributed by atoms with E-state index in [-0.39, 0.29) is 34.2 Å². The minimum absolute atomic E-state index is 0.0736. The number of hydrogen-bond donors (Lipinski definition) is 1. The first kappa shape index (κ1) is 26.0. The topological polar surface area (TPSA) is 62.3 Å². The molecule has 1 saturated heterocycles. The molecule has 1 aliphatic rings. The van der Waals surface area contributed by atoms with E-state index >= 15 is 0 Å². The van der Waals surface area contributed by atoms with E-state index in [1.807, 2.05) is 20.8 Å². The molecule has 1 amide bonds. The molecular formula is C25H29ClF3N3O2. The van der Waals surface area contributed by atoms with Crippen molar-refractivity contribution in [3.63, 3.8) is 0 Å². The van der Waals surface area contributed by atoms with Gasteiger partial charge in [-0.3, -0.25) is 9.59 Å². The number of Topliss-reactive ketones (excluding diaryl/α,β-unsaturated/α-hetero) is 1. The van der Waals surface area contributed by atoms with Gasteiger partial charge in [0.2, 0.25) is 0 Å². The van der Waals surface area contributed by atoms with Gasteiger partial charge < -0.3 is 10.2 Å². The van der Waals surface area contributed by atoms with Gasteiger partial charge in [-0.05, 0) is 54.5 Å². The molecule has 2 heterocycles. The van der Waals surface area contributed by atoms with E-state index in [1.165, 1.54) is 12.1 Å². The number of anilines is 2. The zero-order valence-electron chi connectivity index (χ0n) is 19.5. The molecule has 1 aliphatic heterocycles. The van der Waals surface area contributed by atoms with Crippen LogP contribution in [0.4, 0.5) is 24.7 Å². The summed E-state index contributed by atoms with van der Waals surface area (Å²) in [6.45, 7) is 6.95. The van der Waals surface area contributed by atoms with E-state index in [0.717, 1.165) is 6.07 Å². The molecule has 0 spiro atoms. The number of carbonyl (C=O) groups is 2. The maximum Gasteiger partial charge on any atom is 0.433 e. The van der Waals surface area contributed by atoms with Crippen LogP contribution >= 0.6 is 11.6 Å². The lowest BCUT2D eigenvalue weighted by atomic mass is 9.84. The van der Waals surface area contributed by atoms with Crippen molar-refractivity contribution in [1.82, 2.24) is 4.98 Å². The van der Waals surface area contributed by atoms with Gasteiger partial charge in [0.15, 0.2) is 5.82 Å². The van der Waals surface area contributed by atoms with Gasteiger partial charge in [-0.15, -0.1) is 0 Å². The van der Waals surface area contributed by atoms with E-state index in [0.29, 0.717) is 43.8 Å². The van der Waals surface area contributed by atoms with E-state index in [4.69, 9.17) is 11.6 Å². The smallest absolute Gasteiger partial charge is 0.355 e. The highest BCUT2D eigenvalue weighted by molar-refractivity contribution is 6.31. The van der Waals surface area contributed by atoms with E-state index in [1.54, 1.807) is 23.1 Å². The van der Waals surface area contributed by atoms with Crippen molar-refractivity contribution < 1.29 is 22.8 Å². The lowest BCUT2D eigenvalue weighted by Gasteiger charge is -2.34. The van der Waals surface area contributed by atoms with Gasteiger partial charge in [-0.25, -0.2) is 4.98 Å². The normalized spacial score (nSPS) is 15.3. The first-order valence-corrected chi connectivity index (χ1v) is 11.6. The van der Waals surface area contributed by atoms with Crippen molar-refractivity contribution in [2.45, 2.75) is 52.6 Å². The molecule has 0 atom stereocenters. The highest BCUT2D eigenvalue weighted by Gasteiger charge is 2.34. The molecule has 1 N–H and O–H groups in total. The summed E-state index contributed by atoms with van der Waals surface area (Å²) in [5.41, 5.74) is -0.615. The van der Waals surface area contributed by atoms with Crippen LogP contribution in [0.1, 0.15) is 62.5 Å². The first-order chi connectivity index (χ1) is 15.8. The molecule has 9 heteroatoms. The van der Waals surface area contributed by atoms with E-state index < -0.39 is 17.8 Å². The Morgan fingerprint density at radius 1 is 1.12 bits per heavy atom. The predicted octanol–water partition coefficient (Wildman–Crippen LogP) is 6.62. The molecule has 34 heavy (non-hydrogen) atoms. The molecule has 2 aromatic rings. The molecule has 0 aliphatic carbocycles. The van der Waals surface area contributed by atoms with Gasteiger partial charge in [0.25, 0.3) is 5.91 Å². The molecule has 0 radical (unpaired) electrons. The third kappa shape index (κ3) is 7.19. The first-order valence-electron chi connectivity index (χ1n) is 11.2. The lowest BCUT2D eigenvalue weighted by Crippen LogP contribution is -2.36. The second kappa shape index (κ2) is 10.3. The zero-order valence-corrected chi connectivity index (χ0v) is 20.3. The second-order valence-electron chi connectivity index (χ2n) is 9.94. The van der Waals surface area contributed by atoms with Gasteiger partial charge in [0.1, 0.15) is 11.5 Å². The number of amides is 1. The monoisotopic (exact) mass is 495 g/mol. The van der Waals surface area contributed by atoms with Crippen LogP contribution < -0.4 is 10.2 Å². The summed E-state index contributed by atoms with van der Waals surface area (Å²) in [7, 11) is 0. The molecule has 184 valence electrons. The van der Waals surface area contributed by atoms with Crippen molar-refractivity contribution in [2.75, 3.05) is 23.3 Å². The summed E-state index contributed by atoms with van der Waals surface area (Å²) in [6.07, 6.45) is -2.31. The van der Waals surface area contributed by atoms with Gasteiger partial charge >= 0.3 is 6.18 Å². The maximum absolute atomic E-state index is 13.4. The number of nitrogens with one attached hydrogen (secondary N) is 1. The summed E-state index contributed by atoms with van der Waals surface area (Å²) in [5.74, 6) is -0.0309. The standard InChI is InChI=1S/C25H29ClF3N3O2/c1-24(2,3)15-19(33)13-16-9-11-32(12-10-16)22-20(7-8-21(31-22)25(27,28)29)30-23(34)17-5-4-6-18(26)14-17/h4-8,14,16H,9-13,15H2,1-3H3,(H,30,34). The molecule has 0 unspecified atom stereocenters.